The molecule has 3 N–H and O–H groups in total. The molecule has 4 aromatic rings. The number of hydrazone groups is 1. The minimum atomic E-state index is -0.263. The number of nitrogens with zero attached hydrogens (tertiary/aromatic N) is 2. The number of hydrogen-bond acceptors (Lipinski definition) is 5. The Labute approximate surface area is 154 Å². The van der Waals surface area contributed by atoms with Gasteiger partial charge in [0.1, 0.15) is 5.75 Å². The number of nitrogens with one attached hydrogen (secondary N) is 3. The normalized spacial score (nSPS) is 11.1. The standard InChI is InChI=1S/C20H17N5O2/c1-27-15-8-6-13(7-9-15)18-10-19(26)24-20(23-18)25-22-12-14-11-21-17-5-3-2-4-16(14)17/h2-12,21H,1H3,(H2,23,24,25,26)/b22-12-. The molecule has 0 saturated heterocycles. The highest BCUT2D eigenvalue weighted by atomic mass is 16.5. The SMILES string of the molecule is COc1ccc(-c2cc(=O)[nH]c(N/N=C\c3c[nH]c4ccccc34)n2)cc1. The zero-order valence-corrected chi connectivity index (χ0v) is 14.6. The molecule has 0 aliphatic carbocycles. The summed E-state index contributed by atoms with van der Waals surface area (Å²) in [4.78, 5) is 22.2. The summed E-state index contributed by atoms with van der Waals surface area (Å²) in [6.07, 6.45) is 3.55. The van der Waals surface area contributed by atoms with Gasteiger partial charge in [-0.05, 0) is 30.3 Å². The lowest BCUT2D eigenvalue weighted by Gasteiger charge is -2.05. The van der Waals surface area contributed by atoms with Crippen molar-refractivity contribution in [1.29, 1.82) is 0 Å². The average Bonchev–Trinajstić information content (AvgIpc) is 3.11. The molecule has 27 heavy (non-hydrogen) atoms. The van der Waals surface area contributed by atoms with Gasteiger partial charge < -0.3 is 9.72 Å². The highest BCUT2D eigenvalue weighted by Crippen LogP contribution is 2.20. The first kappa shape index (κ1) is 16.6. The van der Waals surface area contributed by atoms with Crippen LogP contribution in [0.25, 0.3) is 22.2 Å². The van der Waals surface area contributed by atoms with Crippen LogP contribution in [0.4, 0.5) is 5.95 Å². The number of benzene rings is 2. The van der Waals surface area contributed by atoms with Gasteiger partial charge in [0.15, 0.2) is 0 Å². The Balaban J connectivity index is 1.57. The minimum absolute atomic E-state index is 0.263. The van der Waals surface area contributed by atoms with E-state index in [1.165, 1.54) is 6.07 Å². The lowest BCUT2D eigenvalue weighted by Crippen LogP contribution is -2.10. The number of fused-ring (bicyclic) bond motifs is 1. The molecule has 0 saturated carbocycles. The van der Waals surface area contributed by atoms with Crippen LogP contribution in [0.1, 0.15) is 5.56 Å². The number of aromatic amines is 2. The molecular weight excluding hydrogens is 342 g/mol. The predicted octanol–water partition coefficient (Wildman–Crippen LogP) is 3.37. The van der Waals surface area contributed by atoms with Gasteiger partial charge in [-0.25, -0.2) is 10.4 Å². The zero-order valence-electron chi connectivity index (χ0n) is 14.6. The first-order valence-electron chi connectivity index (χ1n) is 8.34. The van der Waals surface area contributed by atoms with E-state index >= 15 is 0 Å². The molecule has 0 fully saturated rings. The molecule has 0 aliphatic heterocycles. The zero-order chi connectivity index (χ0) is 18.6. The second kappa shape index (κ2) is 7.17. The fourth-order valence-corrected chi connectivity index (χ4v) is 2.78. The number of aromatic nitrogens is 3. The third kappa shape index (κ3) is 3.57. The highest BCUT2D eigenvalue weighted by molar-refractivity contribution is 5.99. The van der Waals surface area contributed by atoms with E-state index in [1.807, 2.05) is 54.7 Å². The van der Waals surface area contributed by atoms with Crippen LogP contribution < -0.4 is 15.7 Å². The summed E-state index contributed by atoms with van der Waals surface area (Å²) in [6, 6.07) is 16.7. The van der Waals surface area contributed by atoms with E-state index < -0.39 is 0 Å². The van der Waals surface area contributed by atoms with Crippen LogP contribution in [-0.4, -0.2) is 28.3 Å². The van der Waals surface area contributed by atoms with Crippen LogP contribution in [0.2, 0.25) is 0 Å². The van der Waals surface area contributed by atoms with Gasteiger partial charge in [0.25, 0.3) is 5.56 Å². The third-order valence-corrected chi connectivity index (χ3v) is 4.12. The second-order valence-electron chi connectivity index (χ2n) is 5.87. The van der Waals surface area contributed by atoms with Crippen molar-refractivity contribution in [2.45, 2.75) is 0 Å². The van der Waals surface area contributed by atoms with E-state index in [0.717, 1.165) is 27.8 Å². The lowest BCUT2D eigenvalue weighted by molar-refractivity contribution is 0.415. The Hall–Kier alpha value is -3.87. The van der Waals surface area contributed by atoms with Gasteiger partial charge in [0.2, 0.25) is 5.95 Å². The molecular formula is C20H17N5O2. The van der Waals surface area contributed by atoms with Crippen molar-refractivity contribution in [3.8, 4) is 17.0 Å². The quantitative estimate of drug-likeness (QED) is 0.376. The molecule has 2 aromatic heterocycles. The van der Waals surface area contributed by atoms with Crippen LogP contribution in [0.3, 0.4) is 0 Å². The number of ether oxygens (including phenoxy) is 1. The summed E-state index contributed by atoms with van der Waals surface area (Å²) < 4.78 is 5.15. The van der Waals surface area contributed by atoms with Gasteiger partial charge >= 0.3 is 0 Å². The number of hydrogen-bond donors (Lipinski definition) is 3. The summed E-state index contributed by atoms with van der Waals surface area (Å²) in [5, 5.41) is 5.26. The molecule has 0 spiro atoms. The first-order valence-corrected chi connectivity index (χ1v) is 8.34. The second-order valence-corrected chi connectivity index (χ2v) is 5.87. The van der Waals surface area contributed by atoms with Crippen LogP contribution in [-0.2, 0) is 0 Å². The van der Waals surface area contributed by atoms with Crippen molar-refractivity contribution >= 4 is 23.1 Å². The van der Waals surface area contributed by atoms with E-state index in [2.05, 4.69) is 25.5 Å². The number of anilines is 1. The topological polar surface area (TPSA) is 95.2 Å². The summed E-state index contributed by atoms with van der Waals surface area (Å²) >= 11 is 0. The largest absolute Gasteiger partial charge is 0.497 e. The number of H-pyrrole nitrogens is 2. The molecule has 0 amide bonds. The molecule has 2 aromatic carbocycles. The molecule has 7 heteroatoms. The number of methoxy groups -OCH3 is 1. The molecule has 134 valence electrons. The summed E-state index contributed by atoms with van der Waals surface area (Å²) in [7, 11) is 1.61. The molecule has 7 nitrogen and oxygen atoms in total. The monoisotopic (exact) mass is 359 g/mol. The lowest BCUT2D eigenvalue weighted by atomic mass is 10.1. The molecule has 0 aliphatic rings. The molecule has 0 atom stereocenters. The predicted molar refractivity (Wildman–Crippen MR) is 106 cm³/mol. The van der Waals surface area contributed by atoms with E-state index in [9.17, 15) is 4.79 Å². The van der Waals surface area contributed by atoms with Crippen molar-refractivity contribution in [2.24, 2.45) is 5.10 Å². The van der Waals surface area contributed by atoms with Gasteiger partial charge in [-0.1, -0.05) is 18.2 Å². The number of para-hydroxylation sites is 1. The Morgan fingerprint density at radius 2 is 1.96 bits per heavy atom. The maximum atomic E-state index is 12.0. The molecule has 4 rings (SSSR count). The Morgan fingerprint density at radius 1 is 1.15 bits per heavy atom. The summed E-state index contributed by atoms with van der Waals surface area (Å²) in [6.45, 7) is 0. The van der Waals surface area contributed by atoms with Gasteiger partial charge in [-0.2, -0.15) is 5.10 Å². The van der Waals surface area contributed by atoms with E-state index in [0.29, 0.717) is 5.69 Å². The fraction of sp³-hybridized carbons (Fsp3) is 0.0500. The van der Waals surface area contributed by atoms with Crippen molar-refractivity contribution in [1.82, 2.24) is 15.0 Å². The maximum Gasteiger partial charge on any atom is 0.252 e. The van der Waals surface area contributed by atoms with Crippen LogP contribution in [0, 0.1) is 0 Å². The average molecular weight is 359 g/mol. The Morgan fingerprint density at radius 3 is 2.78 bits per heavy atom. The van der Waals surface area contributed by atoms with Gasteiger partial charge in [0, 0.05) is 34.3 Å². The third-order valence-electron chi connectivity index (χ3n) is 4.12. The van der Waals surface area contributed by atoms with Crippen LogP contribution in [0.15, 0.2) is 70.7 Å². The number of rotatable bonds is 5. The van der Waals surface area contributed by atoms with E-state index in [-0.39, 0.29) is 11.5 Å². The van der Waals surface area contributed by atoms with Gasteiger partial charge in [-0.3, -0.25) is 9.78 Å². The summed E-state index contributed by atoms with van der Waals surface area (Å²) in [5.41, 5.74) is 5.85. The molecule has 2 heterocycles. The van der Waals surface area contributed by atoms with Gasteiger partial charge in [-0.15, -0.1) is 0 Å². The van der Waals surface area contributed by atoms with E-state index in [4.69, 9.17) is 4.74 Å². The van der Waals surface area contributed by atoms with Crippen molar-refractivity contribution in [3.63, 3.8) is 0 Å². The Kier molecular flexibility index (Phi) is 4.40. The molecule has 0 bridgehead atoms. The van der Waals surface area contributed by atoms with E-state index in [1.54, 1.807) is 13.3 Å². The van der Waals surface area contributed by atoms with Crippen molar-refractivity contribution in [2.75, 3.05) is 12.5 Å². The smallest absolute Gasteiger partial charge is 0.252 e. The van der Waals surface area contributed by atoms with Crippen molar-refractivity contribution < 1.29 is 4.74 Å². The molecule has 0 radical (unpaired) electrons. The Bertz CT molecular complexity index is 1160. The van der Waals surface area contributed by atoms with Gasteiger partial charge in [0.05, 0.1) is 19.0 Å². The van der Waals surface area contributed by atoms with Crippen molar-refractivity contribution in [3.05, 3.63) is 76.7 Å². The fourth-order valence-electron chi connectivity index (χ4n) is 2.78. The van der Waals surface area contributed by atoms with Crippen LogP contribution >= 0.6 is 0 Å². The minimum Gasteiger partial charge on any atom is -0.497 e. The maximum absolute atomic E-state index is 12.0. The van der Waals surface area contributed by atoms with Crippen LogP contribution in [0.5, 0.6) is 5.75 Å². The summed E-state index contributed by atoms with van der Waals surface area (Å²) in [5.74, 6) is 1.01. The highest BCUT2D eigenvalue weighted by Gasteiger charge is 2.05. The first-order chi connectivity index (χ1) is 13.2. The molecule has 0 unspecified atom stereocenters.